The molecule has 13 rings (SSSR count). The molecule has 0 bridgehead atoms. The van der Waals surface area contributed by atoms with Gasteiger partial charge in [-0.25, -0.2) is 0 Å². The molecule has 2 atom stereocenters. The molecule has 1 heterocycles. The Morgan fingerprint density at radius 2 is 1.19 bits per heavy atom. The van der Waals surface area contributed by atoms with Crippen LogP contribution in [0.1, 0.15) is 104 Å². The molecule has 3 aliphatic rings. The number of hydrogen-bond donors (Lipinski definition) is 0. The summed E-state index contributed by atoms with van der Waals surface area (Å²) in [5.41, 5.74) is 23.2. The smallest absolute Gasteiger partial charge is 0.0733 e. The fraction of sp³-hybridized carbons (Fsp3) is 0.224. The van der Waals surface area contributed by atoms with E-state index in [0.29, 0.717) is 11.8 Å². The van der Waals surface area contributed by atoms with Gasteiger partial charge in [0, 0.05) is 39.8 Å². The molecule has 0 amide bonds. The average Bonchev–Trinajstić information content (AvgIpc) is 4.08. The number of aryl methyl sites for hydroxylation is 4. The van der Waals surface area contributed by atoms with E-state index in [-0.39, 0.29) is 10.8 Å². The summed E-state index contributed by atoms with van der Waals surface area (Å²) in [6.07, 6.45) is 2.36. The van der Waals surface area contributed by atoms with E-state index in [2.05, 4.69) is 242 Å². The summed E-state index contributed by atoms with van der Waals surface area (Å²) >= 11 is 0. The normalized spacial score (nSPS) is 15.7. The molecule has 1 saturated carbocycles. The zero-order valence-corrected chi connectivity index (χ0v) is 41.9. The van der Waals surface area contributed by atoms with Crippen LogP contribution in [0.3, 0.4) is 0 Å². The van der Waals surface area contributed by atoms with E-state index in [1.165, 1.54) is 123 Å². The Labute approximate surface area is 409 Å². The van der Waals surface area contributed by atoms with Crippen LogP contribution in [0.2, 0.25) is 0 Å². The van der Waals surface area contributed by atoms with E-state index in [1.807, 2.05) is 18.2 Å². The van der Waals surface area contributed by atoms with Crippen molar-refractivity contribution in [1.82, 2.24) is 4.57 Å². The van der Waals surface area contributed by atoms with Crippen molar-refractivity contribution in [2.24, 2.45) is 7.05 Å². The molecule has 0 spiro atoms. The lowest BCUT2D eigenvalue weighted by atomic mass is 9.81. The van der Waals surface area contributed by atoms with Gasteiger partial charge in [-0.1, -0.05) is 210 Å². The van der Waals surface area contributed by atoms with E-state index >= 15 is 0 Å². The van der Waals surface area contributed by atoms with Crippen LogP contribution in [0.15, 0.2) is 188 Å². The Bertz CT molecular complexity index is 3580. The minimum atomic E-state index is -0.131. The second-order valence-electron chi connectivity index (χ2n) is 21.4. The summed E-state index contributed by atoms with van der Waals surface area (Å²) in [6, 6.07) is 69.9. The highest BCUT2D eigenvalue weighted by Crippen LogP contribution is 2.63. The molecule has 0 N–H and O–H groups in total. The summed E-state index contributed by atoms with van der Waals surface area (Å²) in [6.45, 7) is 18.1. The number of fused-ring (bicyclic) bond motifs is 14. The molecule has 10 aromatic rings. The number of rotatable bonds is 4. The summed E-state index contributed by atoms with van der Waals surface area (Å²) in [5.74, 6) is 1.22. The van der Waals surface area contributed by atoms with E-state index in [1.54, 1.807) is 0 Å². The molecule has 342 valence electrons. The van der Waals surface area contributed by atoms with Gasteiger partial charge in [0.05, 0.1) is 16.9 Å². The first-order valence-electron chi connectivity index (χ1n) is 25.1. The maximum Gasteiger partial charge on any atom is 0.0733 e. The topological polar surface area (TPSA) is 8.17 Å². The van der Waals surface area contributed by atoms with Crippen LogP contribution in [0.25, 0.3) is 54.8 Å². The van der Waals surface area contributed by atoms with Crippen molar-refractivity contribution < 1.29 is 0 Å². The Morgan fingerprint density at radius 1 is 0.536 bits per heavy atom. The fourth-order valence-corrected chi connectivity index (χ4v) is 11.6. The van der Waals surface area contributed by atoms with Crippen molar-refractivity contribution in [3.8, 4) is 22.3 Å². The molecule has 0 saturated heterocycles. The second kappa shape index (κ2) is 17.1. The Hall–Kier alpha value is -7.16. The van der Waals surface area contributed by atoms with E-state index in [4.69, 9.17) is 0 Å². The van der Waals surface area contributed by atoms with Crippen LogP contribution in [0.4, 0.5) is 17.1 Å². The van der Waals surface area contributed by atoms with Gasteiger partial charge in [-0.2, -0.15) is 0 Å². The lowest BCUT2D eigenvalue weighted by molar-refractivity contribution is 0.589. The van der Waals surface area contributed by atoms with Crippen molar-refractivity contribution in [3.05, 3.63) is 233 Å². The third-order valence-electron chi connectivity index (χ3n) is 15.5. The molecule has 1 fully saturated rings. The number of hydrogen-bond acceptors (Lipinski definition) is 1. The van der Waals surface area contributed by atoms with Gasteiger partial charge < -0.3 is 9.47 Å². The maximum atomic E-state index is 2.59. The third kappa shape index (κ3) is 7.66. The minimum absolute atomic E-state index is 0.131. The second-order valence-corrected chi connectivity index (χ2v) is 21.4. The lowest BCUT2D eigenvalue weighted by Gasteiger charge is -2.31. The highest BCUT2D eigenvalue weighted by atomic mass is 15.2. The average molecular weight is 897 g/mol. The van der Waals surface area contributed by atoms with E-state index < -0.39 is 0 Å². The van der Waals surface area contributed by atoms with Crippen LogP contribution < -0.4 is 4.90 Å². The van der Waals surface area contributed by atoms with Crippen LogP contribution in [-0.4, -0.2) is 4.57 Å². The molecule has 3 aliphatic carbocycles. The Kier molecular flexibility index (Phi) is 11.0. The first kappa shape index (κ1) is 44.4. The monoisotopic (exact) mass is 897 g/mol. The minimum Gasteiger partial charge on any atom is -0.342 e. The van der Waals surface area contributed by atoms with Gasteiger partial charge >= 0.3 is 0 Å². The first-order valence-corrected chi connectivity index (χ1v) is 25.1. The standard InChI is InChI=1S/C48H38N2.C12H18.C7H8/c1-28-20-22-37-41(24-28)48(2,3)42-27-45(33-14-7-8-16-35(33)46(37)42)50(44-19-11-17-36-34-15-9-10-18-43(34)49(4)47(36)44)29-21-23-32-30-12-5-6-13-31(30)39-26-40(39)38(32)25-29;1-5-10-7-6-8-11(9-10)12(2,3)4;1-7-5-3-2-4-6-7/h5-25,27,39-40H,26H2,1-4H3;6-9H,5H2,1-4H3;2-6H,1H3. The van der Waals surface area contributed by atoms with Gasteiger partial charge in [0.2, 0.25) is 0 Å². The van der Waals surface area contributed by atoms with Gasteiger partial charge in [0.25, 0.3) is 0 Å². The van der Waals surface area contributed by atoms with Gasteiger partial charge in [-0.05, 0) is 135 Å². The predicted molar refractivity (Wildman–Crippen MR) is 296 cm³/mol. The number of anilines is 3. The molecule has 69 heavy (non-hydrogen) atoms. The highest BCUT2D eigenvalue weighted by Gasteiger charge is 2.46. The zero-order valence-electron chi connectivity index (χ0n) is 41.9. The number of aromatic nitrogens is 1. The first-order chi connectivity index (χ1) is 33.3. The predicted octanol–water partition coefficient (Wildman–Crippen LogP) is 18.4. The molecule has 2 unspecified atom stereocenters. The van der Waals surface area contributed by atoms with Crippen molar-refractivity contribution in [3.63, 3.8) is 0 Å². The molecular weight excluding hydrogens is 833 g/mol. The van der Waals surface area contributed by atoms with Crippen molar-refractivity contribution in [1.29, 1.82) is 0 Å². The molecule has 1 aromatic heterocycles. The Morgan fingerprint density at radius 3 is 1.94 bits per heavy atom. The lowest BCUT2D eigenvalue weighted by Crippen LogP contribution is -2.17. The van der Waals surface area contributed by atoms with Gasteiger partial charge in [-0.15, -0.1) is 0 Å². The van der Waals surface area contributed by atoms with Crippen LogP contribution >= 0.6 is 0 Å². The third-order valence-corrected chi connectivity index (χ3v) is 15.5. The van der Waals surface area contributed by atoms with Crippen molar-refractivity contribution in [2.45, 2.75) is 90.9 Å². The molecular formula is C67H64N2. The summed E-state index contributed by atoms with van der Waals surface area (Å²) < 4.78 is 2.40. The molecule has 2 heteroatoms. The van der Waals surface area contributed by atoms with Crippen molar-refractivity contribution in [2.75, 3.05) is 4.90 Å². The maximum absolute atomic E-state index is 2.59. The van der Waals surface area contributed by atoms with Gasteiger partial charge in [-0.3, -0.25) is 0 Å². The molecule has 2 nitrogen and oxygen atoms in total. The van der Waals surface area contributed by atoms with E-state index in [0.717, 1.165) is 6.42 Å². The van der Waals surface area contributed by atoms with Gasteiger partial charge in [0.15, 0.2) is 0 Å². The largest absolute Gasteiger partial charge is 0.342 e. The zero-order chi connectivity index (χ0) is 47.8. The van der Waals surface area contributed by atoms with Gasteiger partial charge in [0.1, 0.15) is 0 Å². The quantitative estimate of drug-likeness (QED) is 0.171. The molecule has 0 radical (unpaired) electrons. The van der Waals surface area contributed by atoms with E-state index in [9.17, 15) is 0 Å². The highest BCUT2D eigenvalue weighted by molar-refractivity contribution is 6.16. The molecule has 0 aliphatic heterocycles. The SMILES string of the molecule is CCc1cccc(C(C)(C)C)c1.Cc1ccc2c(c1)C(C)(C)c1cc(N(c3ccc4c(c3)C3CC3c3ccccc3-4)c3cccc4c5ccccc5n(C)c34)c3ccccc3c1-2.Cc1ccccc1. The summed E-state index contributed by atoms with van der Waals surface area (Å²) in [7, 11) is 2.23. The van der Waals surface area contributed by atoms with Crippen LogP contribution in [-0.2, 0) is 24.3 Å². The number of benzene rings is 9. The summed E-state index contributed by atoms with van der Waals surface area (Å²) in [5, 5.41) is 5.17. The molecule has 9 aromatic carbocycles. The number of para-hydroxylation sites is 2. The summed E-state index contributed by atoms with van der Waals surface area (Å²) in [4.78, 5) is 2.59. The fourth-order valence-electron chi connectivity index (χ4n) is 11.6. The Balaban J connectivity index is 0.000000229. The van der Waals surface area contributed by atoms with Crippen LogP contribution in [0, 0.1) is 13.8 Å². The number of nitrogens with zero attached hydrogens (tertiary/aromatic N) is 2. The van der Waals surface area contributed by atoms with Crippen LogP contribution in [0.5, 0.6) is 0 Å². The van der Waals surface area contributed by atoms with Crippen molar-refractivity contribution >= 4 is 49.6 Å².